The van der Waals surface area contributed by atoms with E-state index in [0.717, 1.165) is 23.8 Å². The smallest absolute Gasteiger partial charge is 0.313 e. The lowest BCUT2D eigenvalue weighted by atomic mass is 10.0. The number of carbonyl (C=O) groups is 1. The average molecular weight is 297 g/mol. The van der Waals surface area contributed by atoms with E-state index in [0.29, 0.717) is 17.9 Å². The number of aliphatic carboxylic acids is 1. The van der Waals surface area contributed by atoms with Crippen LogP contribution in [-0.4, -0.2) is 31.6 Å². The quantitative estimate of drug-likeness (QED) is 0.745. The van der Waals surface area contributed by atoms with Gasteiger partial charge in [0.2, 0.25) is 0 Å². The molecule has 112 valence electrons. The summed E-state index contributed by atoms with van der Waals surface area (Å²) in [5.74, 6) is 1.48. The molecule has 0 aromatic carbocycles. The summed E-state index contributed by atoms with van der Waals surface area (Å²) < 4.78 is 2.17. The molecule has 1 aromatic heterocycles. The van der Waals surface area contributed by atoms with Gasteiger partial charge in [0.05, 0.1) is 5.75 Å². The molecule has 2 rings (SSSR count). The molecule has 6 heteroatoms. The third kappa shape index (κ3) is 3.98. The summed E-state index contributed by atoms with van der Waals surface area (Å²) in [5.41, 5.74) is 0. The molecule has 1 aromatic rings. The molecule has 5 nitrogen and oxygen atoms in total. The molecule has 1 heterocycles. The molecule has 1 N–H and O–H groups in total. The van der Waals surface area contributed by atoms with Gasteiger partial charge in [-0.2, -0.15) is 0 Å². The predicted molar refractivity (Wildman–Crippen MR) is 79.1 cm³/mol. The lowest BCUT2D eigenvalue weighted by Crippen LogP contribution is -2.12. The van der Waals surface area contributed by atoms with E-state index in [4.69, 9.17) is 5.11 Å². The Morgan fingerprint density at radius 3 is 2.60 bits per heavy atom. The topological polar surface area (TPSA) is 68.0 Å². The number of hydrogen-bond acceptors (Lipinski definition) is 4. The Morgan fingerprint density at radius 2 is 2.05 bits per heavy atom. The molecule has 0 spiro atoms. The Bertz CT molecular complexity index is 469. The van der Waals surface area contributed by atoms with Crippen molar-refractivity contribution in [3.8, 4) is 0 Å². The summed E-state index contributed by atoms with van der Waals surface area (Å²) in [6.07, 6.45) is 4.60. The lowest BCUT2D eigenvalue weighted by molar-refractivity contribution is -0.133. The molecular weight excluding hydrogens is 274 g/mol. The first-order valence-corrected chi connectivity index (χ1v) is 8.27. The van der Waals surface area contributed by atoms with Crippen LogP contribution in [0, 0.1) is 5.92 Å². The zero-order valence-electron chi connectivity index (χ0n) is 12.4. The molecule has 1 atom stereocenters. The monoisotopic (exact) mass is 297 g/mol. The van der Waals surface area contributed by atoms with E-state index < -0.39 is 5.97 Å². The van der Waals surface area contributed by atoms with E-state index in [1.165, 1.54) is 24.6 Å². The fourth-order valence-corrected chi connectivity index (χ4v) is 3.01. The van der Waals surface area contributed by atoms with Gasteiger partial charge in [-0.05, 0) is 38.5 Å². The Balaban J connectivity index is 2.13. The van der Waals surface area contributed by atoms with E-state index in [9.17, 15) is 4.79 Å². The Kier molecular flexibility index (Phi) is 5.07. The Morgan fingerprint density at radius 1 is 1.35 bits per heavy atom. The van der Waals surface area contributed by atoms with Gasteiger partial charge in [0.15, 0.2) is 5.16 Å². The molecule has 1 aliphatic rings. The third-order valence-corrected chi connectivity index (χ3v) is 4.49. The zero-order valence-corrected chi connectivity index (χ0v) is 13.2. The number of rotatable bonds is 8. The number of carboxylic acid groups (broad SMARTS) is 1. The molecule has 1 fully saturated rings. The maximum atomic E-state index is 10.7. The Labute approximate surface area is 124 Å². The van der Waals surface area contributed by atoms with Crippen molar-refractivity contribution in [1.82, 2.24) is 14.8 Å². The van der Waals surface area contributed by atoms with Crippen molar-refractivity contribution in [2.45, 2.75) is 63.6 Å². The molecule has 0 radical (unpaired) electrons. The van der Waals surface area contributed by atoms with Crippen LogP contribution in [-0.2, 0) is 4.79 Å². The number of carboxylic acids is 1. The van der Waals surface area contributed by atoms with Gasteiger partial charge in [-0.25, -0.2) is 0 Å². The second kappa shape index (κ2) is 6.61. The number of thioether (sulfide) groups is 1. The fraction of sp³-hybridized carbons (Fsp3) is 0.786. The van der Waals surface area contributed by atoms with Crippen molar-refractivity contribution in [1.29, 1.82) is 0 Å². The van der Waals surface area contributed by atoms with Gasteiger partial charge < -0.3 is 9.67 Å². The average Bonchev–Trinajstić information content (AvgIpc) is 3.13. The predicted octanol–water partition coefficient (Wildman–Crippen LogP) is 3.33. The van der Waals surface area contributed by atoms with Gasteiger partial charge in [0, 0.05) is 12.0 Å². The highest BCUT2D eigenvalue weighted by Crippen LogP contribution is 2.41. The molecule has 0 bridgehead atoms. The molecule has 0 aliphatic heterocycles. The van der Waals surface area contributed by atoms with Gasteiger partial charge >= 0.3 is 5.97 Å². The molecule has 20 heavy (non-hydrogen) atoms. The van der Waals surface area contributed by atoms with Crippen molar-refractivity contribution in [3.05, 3.63) is 5.82 Å². The zero-order chi connectivity index (χ0) is 14.7. The van der Waals surface area contributed by atoms with Gasteiger partial charge in [-0.15, -0.1) is 10.2 Å². The molecular formula is C14H23N3O2S. The second-order valence-electron chi connectivity index (χ2n) is 5.99. The van der Waals surface area contributed by atoms with Gasteiger partial charge in [0.25, 0.3) is 0 Å². The summed E-state index contributed by atoms with van der Waals surface area (Å²) in [7, 11) is 0. The van der Waals surface area contributed by atoms with E-state index in [1.54, 1.807) is 0 Å². The minimum Gasteiger partial charge on any atom is -0.481 e. The van der Waals surface area contributed by atoms with Crippen molar-refractivity contribution in [3.63, 3.8) is 0 Å². The van der Waals surface area contributed by atoms with Crippen LogP contribution >= 0.6 is 11.8 Å². The van der Waals surface area contributed by atoms with E-state index in [-0.39, 0.29) is 5.75 Å². The SMILES string of the molecule is CC(C)CCC(C)n1c(SCC(=O)O)nnc1C1CC1. The van der Waals surface area contributed by atoms with Crippen molar-refractivity contribution < 1.29 is 9.90 Å². The van der Waals surface area contributed by atoms with Crippen molar-refractivity contribution in [2.24, 2.45) is 5.92 Å². The van der Waals surface area contributed by atoms with E-state index in [2.05, 4.69) is 35.5 Å². The van der Waals surface area contributed by atoms with Crippen molar-refractivity contribution >= 4 is 17.7 Å². The standard InChI is InChI=1S/C14H23N3O2S/c1-9(2)4-5-10(3)17-13(11-6-7-11)15-16-14(17)20-8-12(18)19/h9-11H,4-8H2,1-3H3,(H,18,19). The van der Waals surface area contributed by atoms with Gasteiger partial charge in [-0.3, -0.25) is 4.79 Å². The molecule has 0 saturated heterocycles. The highest BCUT2D eigenvalue weighted by atomic mass is 32.2. The van der Waals surface area contributed by atoms with Crippen LogP contribution in [0.2, 0.25) is 0 Å². The number of aromatic nitrogens is 3. The van der Waals surface area contributed by atoms with Crippen LogP contribution < -0.4 is 0 Å². The summed E-state index contributed by atoms with van der Waals surface area (Å²) in [6.45, 7) is 6.63. The normalized spacial score (nSPS) is 16.6. The molecule has 1 unspecified atom stereocenters. The maximum Gasteiger partial charge on any atom is 0.313 e. The van der Waals surface area contributed by atoms with Crippen LogP contribution in [0.15, 0.2) is 5.16 Å². The van der Waals surface area contributed by atoms with Crippen LogP contribution in [0.3, 0.4) is 0 Å². The van der Waals surface area contributed by atoms with E-state index >= 15 is 0 Å². The Hall–Kier alpha value is -1.04. The summed E-state index contributed by atoms with van der Waals surface area (Å²) in [5, 5.41) is 18.1. The first kappa shape index (κ1) is 15.4. The van der Waals surface area contributed by atoms with Crippen LogP contribution in [0.5, 0.6) is 0 Å². The first-order valence-electron chi connectivity index (χ1n) is 7.28. The first-order chi connectivity index (χ1) is 9.49. The van der Waals surface area contributed by atoms with Gasteiger partial charge in [-0.1, -0.05) is 25.6 Å². The highest BCUT2D eigenvalue weighted by molar-refractivity contribution is 7.99. The summed E-state index contributed by atoms with van der Waals surface area (Å²) >= 11 is 1.27. The fourth-order valence-electron chi connectivity index (χ4n) is 2.25. The van der Waals surface area contributed by atoms with E-state index in [1.807, 2.05) is 0 Å². The third-order valence-electron chi connectivity index (χ3n) is 3.56. The summed E-state index contributed by atoms with van der Waals surface area (Å²) in [4.78, 5) is 10.7. The van der Waals surface area contributed by atoms with Crippen LogP contribution in [0.25, 0.3) is 0 Å². The largest absolute Gasteiger partial charge is 0.481 e. The second-order valence-corrected chi connectivity index (χ2v) is 6.93. The van der Waals surface area contributed by atoms with Crippen molar-refractivity contribution in [2.75, 3.05) is 5.75 Å². The maximum absolute atomic E-state index is 10.7. The molecule has 1 aliphatic carbocycles. The minimum atomic E-state index is -0.813. The highest BCUT2D eigenvalue weighted by Gasteiger charge is 2.32. The summed E-state index contributed by atoms with van der Waals surface area (Å²) in [6, 6.07) is 0.333. The van der Waals surface area contributed by atoms with Crippen LogP contribution in [0.1, 0.15) is 64.2 Å². The number of nitrogens with zero attached hydrogens (tertiary/aromatic N) is 3. The molecule has 0 amide bonds. The lowest BCUT2D eigenvalue weighted by Gasteiger charge is -2.18. The van der Waals surface area contributed by atoms with Gasteiger partial charge in [0.1, 0.15) is 5.82 Å². The molecule has 1 saturated carbocycles. The minimum absolute atomic E-state index is 0.0414. The van der Waals surface area contributed by atoms with Crippen LogP contribution in [0.4, 0.5) is 0 Å². The number of hydrogen-bond donors (Lipinski definition) is 1.